The summed E-state index contributed by atoms with van der Waals surface area (Å²) in [6.07, 6.45) is 6.68. The molecule has 47 heavy (non-hydrogen) atoms. The van der Waals surface area contributed by atoms with Crippen LogP contribution in [0.25, 0.3) is 9.53 Å². The van der Waals surface area contributed by atoms with Crippen molar-refractivity contribution in [1.29, 1.82) is 0 Å². The molecule has 10 nitrogen and oxygen atoms in total. The number of azo groups is 2. The summed E-state index contributed by atoms with van der Waals surface area (Å²) in [5.74, 6) is -0.576. The first-order valence-corrected chi connectivity index (χ1v) is 17.7. The van der Waals surface area contributed by atoms with Gasteiger partial charge >= 0.3 is 11.9 Å². The molecular formula is C35H42N6O4S2. The number of hydrogen-bond donors (Lipinski definition) is 0. The van der Waals surface area contributed by atoms with Crippen LogP contribution < -0.4 is 4.90 Å². The second kappa shape index (κ2) is 18.8. The molecule has 4 rings (SSSR count). The molecule has 1 atom stereocenters. The summed E-state index contributed by atoms with van der Waals surface area (Å²) >= 11 is 2.93. The molecule has 0 radical (unpaired) electrons. The van der Waals surface area contributed by atoms with Crippen LogP contribution in [-0.2, 0) is 25.5 Å². The van der Waals surface area contributed by atoms with Gasteiger partial charge in [-0.2, -0.15) is 0 Å². The number of aromatic nitrogens is 1. The highest BCUT2D eigenvalue weighted by molar-refractivity contribution is 7.30. The predicted molar refractivity (Wildman–Crippen MR) is 190 cm³/mol. The molecule has 1 unspecified atom stereocenters. The van der Waals surface area contributed by atoms with E-state index in [1.54, 1.807) is 0 Å². The highest BCUT2D eigenvalue weighted by Crippen LogP contribution is 2.39. The predicted octanol–water partition coefficient (Wildman–Crippen LogP) is 10.4. The van der Waals surface area contributed by atoms with Gasteiger partial charge in [-0.05, 0) is 80.6 Å². The van der Waals surface area contributed by atoms with Gasteiger partial charge in [-0.25, -0.2) is 9.78 Å². The topological polar surface area (TPSA) is 118 Å². The molecule has 0 saturated heterocycles. The van der Waals surface area contributed by atoms with Gasteiger partial charge < -0.3 is 14.4 Å². The van der Waals surface area contributed by atoms with E-state index in [0.29, 0.717) is 24.8 Å². The minimum absolute atomic E-state index is 0.0687. The molecule has 0 fully saturated rings. The van der Waals surface area contributed by atoms with Crippen molar-refractivity contribution in [1.82, 2.24) is 4.98 Å². The number of hydrogen-bond acceptors (Lipinski definition) is 12. The van der Waals surface area contributed by atoms with Crippen LogP contribution in [0.4, 0.5) is 27.2 Å². The van der Waals surface area contributed by atoms with E-state index in [1.165, 1.54) is 28.7 Å². The van der Waals surface area contributed by atoms with Crippen molar-refractivity contribution in [3.63, 3.8) is 0 Å². The number of benzene rings is 2. The number of carbonyl (C=O) groups is 2. The van der Waals surface area contributed by atoms with Crippen molar-refractivity contribution in [3.05, 3.63) is 72.8 Å². The molecule has 0 amide bonds. The van der Waals surface area contributed by atoms with E-state index >= 15 is 0 Å². The number of thiazole rings is 1. The Morgan fingerprint density at radius 2 is 1.60 bits per heavy atom. The van der Waals surface area contributed by atoms with Crippen molar-refractivity contribution >= 4 is 71.3 Å². The molecule has 2 aromatic heterocycles. The Kier molecular flexibility index (Phi) is 14.2. The number of anilines is 1. The van der Waals surface area contributed by atoms with E-state index in [1.807, 2.05) is 56.3 Å². The van der Waals surface area contributed by atoms with E-state index in [2.05, 4.69) is 56.0 Å². The first kappa shape index (κ1) is 35.6. The van der Waals surface area contributed by atoms with E-state index in [4.69, 9.17) is 9.47 Å². The van der Waals surface area contributed by atoms with Gasteiger partial charge in [0.05, 0.1) is 35.2 Å². The Labute approximate surface area is 284 Å². The number of unbranched alkanes of at least 4 members (excludes halogenated alkanes) is 3. The van der Waals surface area contributed by atoms with Crippen LogP contribution in [0.15, 0.2) is 87.7 Å². The van der Waals surface area contributed by atoms with Crippen molar-refractivity contribution in [2.45, 2.75) is 59.3 Å². The zero-order valence-corrected chi connectivity index (χ0v) is 28.9. The van der Waals surface area contributed by atoms with Crippen molar-refractivity contribution < 1.29 is 19.1 Å². The summed E-state index contributed by atoms with van der Waals surface area (Å²) in [6.45, 7) is 12.1. The summed E-state index contributed by atoms with van der Waals surface area (Å²) in [7, 11) is 0. The van der Waals surface area contributed by atoms with Gasteiger partial charge in [-0.3, -0.25) is 4.79 Å². The lowest BCUT2D eigenvalue weighted by molar-refractivity contribution is -0.148. The zero-order valence-electron chi connectivity index (χ0n) is 27.3. The highest BCUT2D eigenvalue weighted by atomic mass is 32.1. The average Bonchev–Trinajstić information content (AvgIpc) is 3.66. The van der Waals surface area contributed by atoms with Gasteiger partial charge in [0.1, 0.15) is 9.83 Å². The average molecular weight is 675 g/mol. The van der Waals surface area contributed by atoms with E-state index in [0.717, 1.165) is 82.4 Å². The molecule has 0 bridgehead atoms. The fourth-order valence-electron chi connectivity index (χ4n) is 4.51. The molecule has 2 aromatic carbocycles. The van der Waals surface area contributed by atoms with Crippen LogP contribution in [0.3, 0.4) is 0 Å². The van der Waals surface area contributed by atoms with Gasteiger partial charge in [-0.15, -0.1) is 20.5 Å². The largest absolute Gasteiger partial charge is 0.465 e. The van der Waals surface area contributed by atoms with Crippen molar-refractivity contribution in [2.24, 2.45) is 26.4 Å². The molecule has 0 N–H and O–H groups in total. The maximum atomic E-state index is 11.8. The van der Waals surface area contributed by atoms with Gasteiger partial charge in [0, 0.05) is 31.3 Å². The molecule has 0 aliphatic heterocycles. The van der Waals surface area contributed by atoms with Crippen LogP contribution in [0.2, 0.25) is 0 Å². The Bertz CT molecular complexity index is 1620. The fraction of sp³-hybridized carbons (Fsp3) is 0.400. The summed E-state index contributed by atoms with van der Waals surface area (Å²) < 4.78 is 11.4. The normalized spacial score (nSPS) is 12.1. The summed E-state index contributed by atoms with van der Waals surface area (Å²) in [6, 6.07) is 17.8. The smallest absolute Gasteiger partial charge is 0.330 e. The minimum Gasteiger partial charge on any atom is -0.465 e. The van der Waals surface area contributed by atoms with Crippen LogP contribution >= 0.6 is 22.7 Å². The number of esters is 2. The molecule has 0 aliphatic rings. The van der Waals surface area contributed by atoms with Crippen molar-refractivity contribution in [3.8, 4) is 0 Å². The summed E-state index contributed by atoms with van der Waals surface area (Å²) in [5.41, 5.74) is 3.74. The first-order chi connectivity index (χ1) is 22.9. The maximum Gasteiger partial charge on any atom is 0.330 e. The third-order valence-corrected chi connectivity index (χ3v) is 9.43. The van der Waals surface area contributed by atoms with Gasteiger partial charge in [0.15, 0.2) is 0 Å². The number of rotatable bonds is 19. The minimum atomic E-state index is -0.360. The number of ether oxygens (including phenoxy) is 2. The lowest BCUT2D eigenvalue weighted by Gasteiger charge is -2.23. The third-order valence-electron chi connectivity index (χ3n) is 7.50. The fourth-order valence-corrected chi connectivity index (χ4v) is 6.36. The number of thiophene rings is 1. The molecule has 2 heterocycles. The Hall–Kier alpha value is -4.29. The third kappa shape index (κ3) is 11.5. The van der Waals surface area contributed by atoms with Crippen molar-refractivity contribution in [2.75, 3.05) is 31.2 Å². The number of carbonyl (C=O) groups excluding carboxylic acids is 2. The standard InChI is InChI=1S/C35H42N6O4S2/c1-5-25(4)34(43)45-23-20-26-12-14-27(15-13-26)37-39-31-24-30-33(47-31)36-35(46-30)40-38-28-16-18-29(19-17-28)41(7-3)21-10-8-9-11-22-44-32(42)6-2/h6,12-19,24-25H,2,5,7-11,20-23H2,1,3-4H3. The van der Waals surface area contributed by atoms with E-state index in [-0.39, 0.29) is 17.9 Å². The van der Waals surface area contributed by atoms with E-state index < -0.39 is 0 Å². The molecule has 248 valence electrons. The molecular weight excluding hydrogens is 633 g/mol. The first-order valence-electron chi connectivity index (χ1n) is 16.0. The SMILES string of the molecule is C=CC(=O)OCCCCCCN(CC)c1ccc(N=Nc2nc3sc(N=Nc4ccc(CCOC(=O)C(C)CC)cc4)cc3s2)cc1. The quantitative estimate of drug-likeness (QED) is 0.0423. The molecule has 0 saturated carbocycles. The second-order valence-electron chi connectivity index (χ2n) is 10.9. The van der Waals surface area contributed by atoms with E-state index in [9.17, 15) is 9.59 Å². The maximum absolute atomic E-state index is 11.8. The number of fused-ring (bicyclic) bond motifs is 1. The monoisotopic (exact) mass is 674 g/mol. The summed E-state index contributed by atoms with van der Waals surface area (Å²) in [4.78, 5) is 30.7. The molecule has 4 aromatic rings. The Balaban J connectivity index is 1.22. The van der Waals surface area contributed by atoms with Crippen LogP contribution in [0.1, 0.15) is 58.4 Å². The lowest BCUT2D eigenvalue weighted by atomic mass is 10.1. The second-order valence-corrected chi connectivity index (χ2v) is 12.9. The zero-order chi connectivity index (χ0) is 33.4. The van der Waals surface area contributed by atoms with Gasteiger partial charge in [0.2, 0.25) is 5.13 Å². The molecule has 12 heteroatoms. The van der Waals surface area contributed by atoms with Crippen LogP contribution in [0.5, 0.6) is 0 Å². The van der Waals surface area contributed by atoms with Gasteiger partial charge in [-0.1, -0.05) is 61.7 Å². The lowest BCUT2D eigenvalue weighted by Crippen LogP contribution is -2.23. The Morgan fingerprint density at radius 1 is 0.894 bits per heavy atom. The molecule has 0 aliphatic carbocycles. The molecule has 0 spiro atoms. The van der Waals surface area contributed by atoms with Gasteiger partial charge in [0.25, 0.3) is 0 Å². The summed E-state index contributed by atoms with van der Waals surface area (Å²) in [5, 5.41) is 18.9. The Morgan fingerprint density at radius 3 is 2.28 bits per heavy atom. The van der Waals surface area contributed by atoms with Crippen LogP contribution in [-0.4, -0.2) is 43.2 Å². The highest BCUT2D eigenvalue weighted by Gasteiger charge is 2.12. The number of nitrogens with zero attached hydrogens (tertiary/aromatic N) is 6. The van der Waals surface area contributed by atoms with Crippen LogP contribution in [0, 0.1) is 5.92 Å².